The second-order valence-electron chi connectivity index (χ2n) is 7.25. The number of aryl methyl sites for hydroxylation is 1. The molecule has 1 unspecified atom stereocenters. The quantitative estimate of drug-likeness (QED) is 0.539. The number of anilines is 1. The molecule has 3 rings (SSSR count). The lowest BCUT2D eigenvalue weighted by molar-refractivity contribution is 0.526. The van der Waals surface area contributed by atoms with Gasteiger partial charge in [-0.3, -0.25) is 18.6 Å². The summed E-state index contributed by atoms with van der Waals surface area (Å²) in [5, 5.41) is 3.56. The summed E-state index contributed by atoms with van der Waals surface area (Å²) in [6, 6.07) is 5.14. The molecular weight excluding hydrogens is 422 g/mol. The molecule has 0 aromatic carbocycles. The van der Waals surface area contributed by atoms with Crippen LogP contribution in [0.3, 0.4) is 0 Å². The molecule has 3 aromatic rings. The SMILES string of the molecule is CC[C@@H](C)n1c(=O)c(N[C@@H](C)c2ccc(S(=O)CC)cn2)nc2cc(C)c(Cl)nc21. The Hall–Kier alpha value is -2.32. The molecule has 0 aliphatic heterocycles. The van der Waals surface area contributed by atoms with E-state index in [1.165, 1.54) is 0 Å². The van der Waals surface area contributed by atoms with E-state index in [0.717, 1.165) is 17.7 Å². The Labute approximate surface area is 183 Å². The van der Waals surface area contributed by atoms with E-state index in [9.17, 15) is 9.00 Å². The molecule has 7 nitrogen and oxygen atoms in total. The van der Waals surface area contributed by atoms with Crippen LogP contribution < -0.4 is 10.9 Å². The van der Waals surface area contributed by atoms with Gasteiger partial charge in [0.1, 0.15) is 10.7 Å². The van der Waals surface area contributed by atoms with E-state index < -0.39 is 10.8 Å². The van der Waals surface area contributed by atoms with E-state index in [2.05, 4.69) is 20.3 Å². The topological polar surface area (TPSA) is 89.8 Å². The highest BCUT2D eigenvalue weighted by Gasteiger charge is 2.19. The fraction of sp³-hybridized carbons (Fsp3) is 0.429. The van der Waals surface area contributed by atoms with E-state index in [1.807, 2.05) is 46.8 Å². The minimum atomic E-state index is -1.05. The summed E-state index contributed by atoms with van der Waals surface area (Å²) >= 11 is 6.21. The van der Waals surface area contributed by atoms with Gasteiger partial charge >= 0.3 is 0 Å². The molecule has 0 saturated carbocycles. The van der Waals surface area contributed by atoms with Crippen LogP contribution in [0.2, 0.25) is 5.15 Å². The summed E-state index contributed by atoms with van der Waals surface area (Å²) in [7, 11) is -1.05. The van der Waals surface area contributed by atoms with Crippen molar-refractivity contribution in [3.05, 3.63) is 51.2 Å². The van der Waals surface area contributed by atoms with Crippen LogP contribution in [0.15, 0.2) is 34.1 Å². The molecule has 1 N–H and O–H groups in total. The van der Waals surface area contributed by atoms with Gasteiger partial charge in [0.05, 0.1) is 27.4 Å². The van der Waals surface area contributed by atoms with Crippen molar-refractivity contribution in [3.63, 3.8) is 0 Å². The highest BCUT2D eigenvalue weighted by molar-refractivity contribution is 7.85. The van der Waals surface area contributed by atoms with Crippen LogP contribution in [-0.4, -0.2) is 29.5 Å². The normalized spacial score (nSPS) is 14.5. The maximum absolute atomic E-state index is 13.2. The van der Waals surface area contributed by atoms with Crippen molar-refractivity contribution in [1.82, 2.24) is 19.5 Å². The van der Waals surface area contributed by atoms with E-state index in [4.69, 9.17) is 11.6 Å². The van der Waals surface area contributed by atoms with Crippen molar-refractivity contribution in [1.29, 1.82) is 0 Å². The second-order valence-corrected chi connectivity index (χ2v) is 9.35. The molecule has 0 bridgehead atoms. The number of nitrogens with one attached hydrogen (secondary N) is 1. The maximum atomic E-state index is 13.2. The standard InChI is InChI=1S/C21H26ClN5O2S/c1-6-13(4)27-20-17(10-12(3)18(22)26-20)25-19(21(27)28)24-14(5)16-9-8-15(11-23-16)30(29)7-2/h8-11,13-14H,6-7H2,1-5H3,(H,24,25)/t13-,14+,30?/m1/s1. The molecule has 9 heteroatoms. The Balaban J connectivity index is 2.03. The minimum absolute atomic E-state index is 0.0634. The first-order valence-electron chi connectivity index (χ1n) is 9.97. The number of nitrogens with zero attached hydrogens (tertiary/aromatic N) is 4. The van der Waals surface area contributed by atoms with Gasteiger partial charge in [-0.15, -0.1) is 0 Å². The fourth-order valence-electron chi connectivity index (χ4n) is 3.12. The zero-order chi connectivity index (χ0) is 22.0. The zero-order valence-electron chi connectivity index (χ0n) is 17.8. The predicted molar refractivity (Wildman–Crippen MR) is 122 cm³/mol. The average molecular weight is 448 g/mol. The third-order valence-corrected chi connectivity index (χ3v) is 6.78. The molecule has 0 amide bonds. The van der Waals surface area contributed by atoms with Gasteiger partial charge in [-0.1, -0.05) is 25.4 Å². The second kappa shape index (κ2) is 9.22. The van der Waals surface area contributed by atoms with Crippen molar-refractivity contribution >= 4 is 39.4 Å². The van der Waals surface area contributed by atoms with E-state index in [-0.39, 0.29) is 23.5 Å². The summed E-state index contributed by atoms with van der Waals surface area (Å²) in [5.74, 6) is 0.782. The molecule has 30 heavy (non-hydrogen) atoms. The maximum Gasteiger partial charge on any atom is 0.295 e. The molecule has 0 spiro atoms. The van der Waals surface area contributed by atoms with Crippen molar-refractivity contribution in [2.24, 2.45) is 0 Å². The van der Waals surface area contributed by atoms with Gasteiger partial charge in [-0.2, -0.15) is 0 Å². The van der Waals surface area contributed by atoms with Crippen molar-refractivity contribution in [2.45, 2.75) is 58.0 Å². The monoisotopic (exact) mass is 447 g/mol. The molecule has 3 aromatic heterocycles. The molecule has 0 aliphatic rings. The van der Waals surface area contributed by atoms with Gasteiger partial charge in [0.2, 0.25) is 0 Å². The van der Waals surface area contributed by atoms with Crippen molar-refractivity contribution in [2.75, 3.05) is 11.1 Å². The van der Waals surface area contributed by atoms with Gasteiger partial charge in [-0.05, 0) is 51.0 Å². The number of hydrogen-bond acceptors (Lipinski definition) is 6. The predicted octanol–water partition coefficient (Wildman–Crippen LogP) is 4.42. The van der Waals surface area contributed by atoms with Crippen molar-refractivity contribution in [3.8, 4) is 0 Å². The Morgan fingerprint density at radius 2 is 1.97 bits per heavy atom. The molecule has 0 fully saturated rings. The summed E-state index contributed by atoms with van der Waals surface area (Å²) in [6.45, 7) is 9.61. The number of halogens is 1. The van der Waals surface area contributed by atoms with Gasteiger partial charge in [-0.25, -0.2) is 9.97 Å². The largest absolute Gasteiger partial charge is 0.357 e. The first-order valence-corrected chi connectivity index (χ1v) is 11.7. The first-order chi connectivity index (χ1) is 14.3. The van der Waals surface area contributed by atoms with Gasteiger partial charge in [0.15, 0.2) is 11.5 Å². The lowest BCUT2D eigenvalue weighted by atomic mass is 10.2. The molecule has 3 atom stereocenters. The lowest BCUT2D eigenvalue weighted by Gasteiger charge is -2.19. The summed E-state index contributed by atoms with van der Waals surface area (Å²) in [4.78, 5) is 27.3. The molecule has 3 heterocycles. The fourth-order valence-corrected chi connectivity index (χ4v) is 3.98. The van der Waals surface area contributed by atoms with Crippen LogP contribution >= 0.6 is 11.6 Å². The number of rotatable bonds is 7. The zero-order valence-corrected chi connectivity index (χ0v) is 19.3. The number of pyridine rings is 2. The number of fused-ring (bicyclic) bond motifs is 1. The van der Waals surface area contributed by atoms with E-state index in [0.29, 0.717) is 27.0 Å². The average Bonchev–Trinajstić information content (AvgIpc) is 2.75. The minimum Gasteiger partial charge on any atom is -0.357 e. The first kappa shape index (κ1) is 22.4. The Bertz CT molecular complexity index is 1150. The molecule has 0 radical (unpaired) electrons. The molecule has 0 saturated heterocycles. The highest BCUT2D eigenvalue weighted by Crippen LogP contribution is 2.23. The highest BCUT2D eigenvalue weighted by atomic mass is 35.5. The van der Waals surface area contributed by atoms with E-state index >= 15 is 0 Å². The Morgan fingerprint density at radius 3 is 2.57 bits per heavy atom. The third kappa shape index (κ3) is 4.39. The van der Waals surface area contributed by atoms with Crippen molar-refractivity contribution < 1.29 is 4.21 Å². The van der Waals surface area contributed by atoms with Gasteiger partial charge < -0.3 is 5.32 Å². The molecule has 160 valence electrons. The van der Waals surface area contributed by atoms with Crippen LogP contribution in [-0.2, 0) is 10.8 Å². The number of hydrogen-bond donors (Lipinski definition) is 1. The molecular formula is C21H26ClN5O2S. The summed E-state index contributed by atoms with van der Waals surface area (Å²) in [5.41, 5.74) is 2.36. The number of aromatic nitrogens is 4. The molecule has 0 aliphatic carbocycles. The van der Waals surface area contributed by atoms with Crippen LogP contribution in [0.25, 0.3) is 11.2 Å². The van der Waals surface area contributed by atoms with Gasteiger partial charge in [0, 0.05) is 18.0 Å². The Kier molecular flexibility index (Phi) is 6.88. The summed E-state index contributed by atoms with van der Waals surface area (Å²) in [6.07, 6.45) is 2.38. The third-order valence-electron chi connectivity index (χ3n) is 5.11. The van der Waals surface area contributed by atoms with Crippen LogP contribution in [0, 0.1) is 6.92 Å². The van der Waals surface area contributed by atoms with Crippen LogP contribution in [0.5, 0.6) is 0 Å². The summed E-state index contributed by atoms with van der Waals surface area (Å²) < 4.78 is 13.6. The van der Waals surface area contributed by atoms with E-state index in [1.54, 1.807) is 16.8 Å². The van der Waals surface area contributed by atoms with Crippen LogP contribution in [0.1, 0.15) is 57.5 Å². The smallest absolute Gasteiger partial charge is 0.295 e. The van der Waals surface area contributed by atoms with Crippen LogP contribution in [0.4, 0.5) is 5.82 Å². The van der Waals surface area contributed by atoms with Gasteiger partial charge in [0.25, 0.3) is 5.56 Å². The Morgan fingerprint density at radius 1 is 1.23 bits per heavy atom. The lowest BCUT2D eigenvalue weighted by Crippen LogP contribution is -2.29.